The maximum Gasteiger partial charge on any atom is 0.175 e. The second kappa shape index (κ2) is 6.72. The Hall–Kier alpha value is -1.88. The monoisotopic (exact) mass is 302 g/mol. The normalized spacial score (nSPS) is 10.5. The fourth-order valence-corrected chi connectivity index (χ4v) is 2.51. The number of nitrogens with zero attached hydrogens (tertiary/aromatic N) is 2. The van der Waals surface area contributed by atoms with Gasteiger partial charge in [0.1, 0.15) is 0 Å². The zero-order valence-electron chi connectivity index (χ0n) is 13.0. The third-order valence-electron chi connectivity index (χ3n) is 3.54. The smallest absolute Gasteiger partial charge is 0.175 e. The van der Waals surface area contributed by atoms with Gasteiger partial charge >= 0.3 is 0 Å². The van der Waals surface area contributed by atoms with Crippen molar-refractivity contribution in [1.82, 2.24) is 9.78 Å². The number of benzene rings is 1. The van der Waals surface area contributed by atoms with Crippen LogP contribution in [0.1, 0.15) is 30.8 Å². The lowest BCUT2D eigenvalue weighted by Crippen LogP contribution is -2.19. The Balaban J connectivity index is 2.06. The van der Waals surface area contributed by atoms with Gasteiger partial charge in [-0.05, 0) is 57.1 Å². The molecule has 0 radical (unpaired) electrons. The van der Waals surface area contributed by atoms with Gasteiger partial charge in [0.05, 0.1) is 17.1 Å². The molecule has 1 aromatic heterocycles. The molecule has 1 heterocycles. The molecule has 0 atom stereocenters. The first-order valence-corrected chi connectivity index (χ1v) is 7.66. The molecule has 112 valence electrons. The Labute approximate surface area is 131 Å². The largest absolute Gasteiger partial charge is 0.332 e. The highest BCUT2D eigenvalue weighted by molar-refractivity contribution is 7.80. The molecule has 2 N–H and O–H groups in total. The van der Waals surface area contributed by atoms with Gasteiger partial charge in [0.15, 0.2) is 5.11 Å². The van der Waals surface area contributed by atoms with Gasteiger partial charge in [-0.3, -0.25) is 4.68 Å². The van der Waals surface area contributed by atoms with Crippen LogP contribution in [0, 0.1) is 13.8 Å². The van der Waals surface area contributed by atoms with Crippen LogP contribution in [0.2, 0.25) is 0 Å². The summed E-state index contributed by atoms with van der Waals surface area (Å²) in [7, 11) is 0. The molecule has 0 spiro atoms. The van der Waals surface area contributed by atoms with Gasteiger partial charge in [-0.2, -0.15) is 5.10 Å². The second-order valence-electron chi connectivity index (χ2n) is 4.99. The van der Waals surface area contributed by atoms with Gasteiger partial charge in [0, 0.05) is 12.2 Å². The molecule has 21 heavy (non-hydrogen) atoms. The van der Waals surface area contributed by atoms with Crippen molar-refractivity contribution in [3.8, 4) is 0 Å². The van der Waals surface area contributed by atoms with E-state index in [1.807, 2.05) is 30.7 Å². The molecule has 2 aromatic rings. The Morgan fingerprint density at radius 3 is 2.33 bits per heavy atom. The lowest BCUT2D eigenvalue weighted by molar-refractivity contribution is 0.634. The highest BCUT2D eigenvalue weighted by Crippen LogP contribution is 2.20. The first-order valence-electron chi connectivity index (χ1n) is 7.26. The van der Waals surface area contributed by atoms with Crippen molar-refractivity contribution in [2.45, 2.75) is 40.7 Å². The average molecular weight is 302 g/mol. The van der Waals surface area contributed by atoms with Crippen LogP contribution in [0.5, 0.6) is 0 Å². The summed E-state index contributed by atoms with van der Waals surface area (Å²) in [5.41, 5.74) is 5.35. The SMILES string of the molecule is CCc1ccc(NC(=S)Nc2c(C)nn(CC)c2C)cc1. The fourth-order valence-electron chi connectivity index (χ4n) is 2.29. The minimum Gasteiger partial charge on any atom is -0.332 e. The highest BCUT2D eigenvalue weighted by atomic mass is 32.1. The van der Waals surface area contributed by atoms with Gasteiger partial charge in [-0.15, -0.1) is 0 Å². The Bertz CT molecular complexity index is 628. The van der Waals surface area contributed by atoms with E-state index in [-0.39, 0.29) is 0 Å². The number of hydrogen-bond donors (Lipinski definition) is 2. The minimum absolute atomic E-state index is 0.584. The molecule has 0 aliphatic rings. The van der Waals surface area contributed by atoms with E-state index in [0.717, 1.165) is 35.7 Å². The number of thiocarbonyl (C=S) groups is 1. The molecule has 0 saturated carbocycles. The van der Waals surface area contributed by atoms with E-state index < -0.39 is 0 Å². The molecule has 0 aliphatic carbocycles. The molecule has 0 fully saturated rings. The van der Waals surface area contributed by atoms with Crippen molar-refractivity contribution < 1.29 is 0 Å². The van der Waals surface area contributed by atoms with Crippen LogP contribution < -0.4 is 10.6 Å². The molecule has 0 aliphatic heterocycles. The predicted molar refractivity (Wildman–Crippen MR) is 93.0 cm³/mol. The lowest BCUT2D eigenvalue weighted by atomic mass is 10.1. The summed E-state index contributed by atoms with van der Waals surface area (Å²) in [4.78, 5) is 0. The summed E-state index contributed by atoms with van der Waals surface area (Å²) in [6, 6.07) is 8.30. The standard InChI is InChI=1S/C16H22N4S/c1-5-13-7-9-14(10-8-13)17-16(21)18-15-11(3)19-20(6-2)12(15)4/h7-10H,5-6H2,1-4H3,(H2,17,18,21). The summed E-state index contributed by atoms with van der Waals surface area (Å²) in [5, 5.41) is 11.5. The number of rotatable bonds is 4. The predicted octanol–water partition coefficient (Wildman–Crippen LogP) is 3.89. The molecule has 0 saturated heterocycles. The van der Waals surface area contributed by atoms with Crippen LogP contribution in [-0.4, -0.2) is 14.9 Å². The number of nitrogens with one attached hydrogen (secondary N) is 2. The Morgan fingerprint density at radius 1 is 1.14 bits per heavy atom. The maximum absolute atomic E-state index is 5.38. The molecule has 1 aromatic carbocycles. The van der Waals surface area contributed by atoms with Crippen LogP contribution in [0.4, 0.5) is 11.4 Å². The molecule has 0 bridgehead atoms. The molecule has 2 rings (SSSR count). The van der Waals surface area contributed by atoms with E-state index >= 15 is 0 Å². The topological polar surface area (TPSA) is 41.9 Å². The number of hydrogen-bond acceptors (Lipinski definition) is 2. The fraction of sp³-hybridized carbons (Fsp3) is 0.375. The van der Waals surface area contributed by atoms with E-state index in [1.54, 1.807) is 0 Å². The van der Waals surface area contributed by atoms with Crippen molar-refractivity contribution in [3.63, 3.8) is 0 Å². The van der Waals surface area contributed by atoms with Crippen molar-refractivity contribution in [2.24, 2.45) is 0 Å². The molecular formula is C16H22N4S. The zero-order valence-corrected chi connectivity index (χ0v) is 13.8. The van der Waals surface area contributed by atoms with E-state index in [1.165, 1.54) is 5.56 Å². The third-order valence-corrected chi connectivity index (χ3v) is 3.74. The summed E-state index contributed by atoms with van der Waals surface area (Å²) < 4.78 is 1.97. The number of aromatic nitrogens is 2. The van der Waals surface area contributed by atoms with Gasteiger partial charge in [0.25, 0.3) is 0 Å². The van der Waals surface area contributed by atoms with Crippen LogP contribution in [0.3, 0.4) is 0 Å². The van der Waals surface area contributed by atoms with E-state index in [4.69, 9.17) is 12.2 Å². The number of aryl methyl sites for hydroxylation is 3. The van der Waals surface area contributed by atoms with Crippen molar-refractivity contribution >= 4 is 28.7 Å². The first-order chi connectivity index (χ1) is 10.0. The highest BCUT2D eigenvalue weighted by Gasteiger charge is 2.11. The summed E-state index contributed by atoms with van der Waals surface area (Å²) in [5.74, 6) is 0. The Kier molecular flexibility index (Phi) is 4.96. The molecule has 5 heteroatoms. The molecule has 0 amide bonds. The van der Waals surface area contributed by atoms with Gasteiger partial charge < -0.3 is 10.6 Å². The quantitative estimate of drug-likeness (QED) is 0.841. The zero-order chi connectivity index (χ0) is 15.4. The molecule has 4 nitrogen and oxygen atoms in total. The van der Waals surface area contributed by atoms with Crippen LogP contribution in [0.15, 0.2) is 24.3 Å². The van der Waals surface area contributed by atoms with E-state index in [0.29, 0.717) is 5.11 Å². The number of anilines is 2. The van der Waals surface area contributed by atoms with E-state index in [2.05, 4.69) is 41.7 Å². The summed E-state index contributed by atoms with van der Waals surface area (Å²) in [6.07, 6.45) is 1.04. The van der Waals surface area contributed by atoms with Gasteiger partial charge in [-0.1, -0.05) is 19.1 Å². The average Bonchev–Trinajstić information content (AvgIpc) is 2.75. The van der Waals surface area contributed by atoms with Crippen LogP contribution in [-0.2, 0) is 13.0 Å². The van der Waals surface area contributed by atoms with Crippen LogP contribution >= 0.6 is 12.2 Å². The van der Waals surface area contributed by atoms with Crippen molar-refractivity contribution in [1.29, 1.82) is 0 Å². The van der Waals surface area contributed by atoms with Crippen LogP contribution in [0.25, 0.3) is 0 Å². The third kappa shape index (κ3) is 3.61. The molecule has 0 unspecified atom stereocenters. The van der Waals surface area contributed by atoms with Gasteiger partial charge in [-0.25, -0.2) is 0 Å². The minimum atomic E-state index is 0.584. The van der Waals surface area contributed by atoms with Crippen molar-refractivity contribution in [2.75, 3.05) is 10.6 Å². The van der Waals surface area contributed by atoms with E-state index in [9.17, 15) is 0 Å². The lowest BCUT2D eigenvalue weighted by Gasteiger charge is -2.11. The van der Waals surface area contributed by atoms with Gasteiger partial charge in [0.2, 0.25) is 0 Å². The second-order valence-corrected chi connectivity index (χ2v) is 5.40. The first kappa shape index (κ1) is 15.5. The molecular weight excluding hydrogens is 280 g/mol. The maximum atomic E-state index is 5.38. The summed E-state index contributed by atoms with van der Waals surface area (Å²) >= 11 is 5.38. The summed E-state index contributed by atoms with van der Waals surface area (Å²) in [6.45, 7) is 9.11. The van der Waals surface area contributed by atoms with Crippen molar-refractivity contribution in [3.05, 3.63) is 41.2 Å². The Morgan fingerprint density at radius 2 is 1.81 bits per heavy atom.